The molecule has 0 spiro atoms. The summed E-state index contributed by atoms with van der Waals surface area (Å²) in [6.45, 7) is 0. The van der Waals surface area contributed by atoms with Crippen molar-refractivity contribution in [3.05, 3.63) is 33.4 Å². The molecular formula is C10H8Cl3N3O3S. The maximum absolute atomic E-state index is 12.2. The Morgan fingerprint density at radius 2 is 1.75 bits per heavy atom. The van der Waals surface area contributed by atoms with Crippen LogP contribution < -0.4 is 4.72 Å². The Labute approximate surface area is 129 Å². The molecule has 0 radical (unpaired) electrons. The number of sulfonamides is 1. The summed E-state index contributed by atoms with van der Waals surface area (Å²) < 4.78 is 27.8. The number of aryl methyl sites for hydroxylation is 1. The monoisotopic (exact) mass is 355 g/mol. The van der Waals surface area contributed by atoms with Crippen molar-refractivity contribution in [1.82, 2.24) is 9.78 Å². The summed E-state index contributed by atoms with van der Waals surface area (Å²) in [4.78, 5) is 0. The molecule has 0 aliphatic rings. The summed E-state index contributed by atoms with van der Waals surface area (Å²) in [6, 6.07) is 2.45. The second kappa shape index (κ2) is 5.33. The summed E-state index contributed by atoms with van der Waals surface area (Å²) in [7, 11) is -2.52. The molecule has 0 aliphatic heterocycles. The highest BCUT2D eigenvalue weighted by Gasteiger charge is 2.23. The fourth-order valence-electron chi connectivity index (χ4n) is 1.53. The zero-order chi connectivity index (χ0) is 15.1. The number of aromatic nitrogens is 2. The Kier molecular flexibility index (Phi) is 4.06. The standard InChI is InChI=1S/C10H8Cl3N3O3S/c1-16-10(8(13)4-14-16)20(18,19)15-5-2-6(11)9(17)7(12)3-5/h2-4,15,17H,1H3. The SMILES string of the molecule is Cn1ncc(Cl)c1S(=O)(=O)Nc1cc(Cl)c(O)c(Cl)c1. The van der Waals surface area contributed by atoms with E-state index in [1.165, 1.54) is 25.4 Å². The van der Waals surface area contributed by atoms with E-state index in [9.17, 15) is 13.5 Å². The normalized spacial score (nSPS) is 11.6. The van der Waals surface area contributed by atoms with E-state index in [0.717, 1.165) is 4.68 Å². The summed E-state index contributed by atoms with van der Waals surface area (Å²) in [5.74, 6) is -0.324. The van der Waals surface area contributed by atoms with Crippen LogP contribution in [-0.4, -0.2) is 23.3 Å². The molecule has 1 heterocycles. The zero-order valence-corrected chi connectivity index (χ0v) is 13.0. The lowest BCUT2D eigenvalue weighted by Gasteiger charge is -2.10. The lowest BCUT2D eigenvalue weighted by Crippen LogP contribution is -2.17. The molecule has 10 heteroatoms. The Hall–Kier alpha value is -1.15. The van der Waals surface area contributed by atoms with Gasteiger partial charge in [0.15, 0.2) is 10.8 Å². The number of nitrogens with zero attached hydrogens (tertiary/aromatic N) is 2. The molecule has 0 aliphatic carbocycles. The number of nitrogens with one attached hydrogen (secondary N) is 1. The molecule has 2 N–H and O–H groups in total. The van der Waals surface area contributed by atoms with Crippen LogP contribution in [0.15, 0.2) is 23.4 Å². The second-order valence-corrected chi connectivity index (χ2v) is 6.63. The molecule has 1 aromatic carbocycles. The Bertz CT molecular complexity index is 731. The van der Waals surface area contributed by atoms with E-state index in [1.807, 2.05) is 0 Å². The minimum absolute atomic E-state index is 0.0176. The molecule has 108 valence electrons. The fraction of sp³-hybridized carbons (Fsp3) is 0.100. The first kappa shape index (κ1) is 15.2. The van der Waals surface area contributed by atoms with Gasteiger partial charge in [-0.2, -0.15) is 13.5 Å². The number of hydrogen-bond acceptors (Lipinski definition) is 4. The minimum Gasteiger partial charge on any atom is -0.505 e. The van der Waals surface area contributed by atoms with Gasteiger partial charge in [0, 0.05) is 7.05 Å². The fourth-order valence-corrected chi connectivity index (χ4v) is 3.72. The number of rotatable bonds is 3. The van der Waals surface area contributed by atoms with Crippen LogP contribution in [0.2, 0.25) is 15.1 Å². The van der Waals surface area contributed by atoms with Crippen LogP contribution >= 0.6 is 34.8 Å². The smallest absolute Gasteiger partial charge is 0.280 e. The van der Waals surface area contributed by atoms with E-state index in [2.05, 4.69) is 9.82 Å². The van der Waals surface area contributed by atoms with Crippen molar-refractivity contribution < 1.29 is 13.5 Å². The average molecular weight is 357 g/mol. The molecule has 1 aromatic heterocycles. The molecular weight excluding hydrogens is 349 g/mol. The van der Waals surface area contributed by atoms with Crippen LogP contribution in [-0.2, 0) is 17.1 Å². The van der Waals surface area contributed by atoms with Crippen LogP contribution in [0.1, 0.15) is 0 Å². The highest BCUT2D eigenvalue weighted by Crippen LogP contribution is 2.35. The van der Waals surface area contributed by atoms with E-state index >= 15 is 0 Å². The minimum atomic E-state index is -3.96. The van der Waals surface area contributed by atoms with Crippen LogP contribution in [0.3, 0.4) is 0 Å². The van der Waals surface area contributed by atoms with E-state index in [4.69, 9.17) is 34.8 Å². The van der Waals surface area contributed by atoms with Gasteiger partial charge in [-0.3, -0.25) is 9.40 Å². The molecule has 0 fully saturated rings. The number of phenols is 1. The van der Waals surface area contributed by atoms with Crippen LogP contribution in [0.4, 0.5) is 5.69 Å². The van der Waals surface area contributed by atoms with E-state index in [0.29, 0.717) is 0 Å². The van der Waals surface area contributed by atoms with Gasteiger partial charge in [-0.05, 0) is 12.1 Å². The highest BCUT2D eigenvalue weighted by molar-refractivity contribution is 7.92. The molecule has 0 amide bonds. The molecule has 0 saturated heterocycles. The van der Waals surface area contributed by atoms with Crippen molar-refractivity contribution in [2.45, 2.75) is 5.03 Å². The third kappa shape index (κ3) is 2.80. The second-order valence-electron chi connectivity index (χ2n) is 3.82. The average Bonchev–Trinajstić information content (AvgIpc) is 2.66. The first-order valence-electron chi connectivity index (χ1n) is 5.10. The number of anilines is 1. The van der Waals surface area contributed by atoms with Gasteiger partial charge in [-0.25, -0.2) is 0 Å². The van der Waals surface area contributed by atoms with Crippen LogP contribution in [0, 0.1) is 0 Å². The molecule has 2 aromatic rings. The van der Waals surface area contributed by atoms with Gasteiger partial charge in [0.25, 0.3) is 10.0 Å². The first-order valence-corrected chi connectivity index (χ1v) is 7.72. The van der Waals surface area contributed by atoms with Gasteiger partial charge in [-0.15, -0.1) is 0 Å². The largest absolute Gasteiger partial charge is 0.505 e. The quantitative estimate of drug-likeness (QED) is 0.828. The van der Waals surface area contributed by atoms with Crippen molar-refractivity contribution >= 4 is 50.5 Å². The zero-order valence-electron chi connectivity index (χ0n) is 9.93. The number of hydrogen-bond donors (Lipinski definition) is 2. The van der Waals surface area contributed by atoms with Gasteiger partial charge in [0.1, 0.15) is 0 Å². The number of halogens is 3. The van der Waals surface area contributed by atoms with Gasteiger partial charge in [-0.1, -0.05) is 34.8 Å². The maximum atomic E-state index is 12.2. The lowest BCUT2D eigenvalue weighted by atomic mass is 10.3. The predicted octanol–water partition coefficient (Wildman–Crippen LogP) is 2.89. The molecule has 20 heavy (non-hydrogen) atoms. The lowest BCUT2D eigenvalue weighted by molar-refractivity contribution is 0.476. The van der Waals surface area contributed by atoms with Gasteiger partial charge in [0.2, 0.25) is 0 Å². The summed E-state index contributed by atoms with van der Waals surface area (Å²) >= 11 is 17.2. The van der Waals surface area contributed by atoms with Gasteiger partial charge < -0.3 is 5.11 Å². The van der Waals surface area contributed by atoms with Crippen LogP contribution in [0.25, 0.3) is 0 Å². The third-order valence-electron chi connectivity index (χ3n) is 2.37. The molecule has 0 saturated carbocycles. The van der Waals surface area contributed by atoms with Crippen molar-refractivity contribution in [1.29, 1.82) is 0 Å². The number of aromatic hydroxyl groups is 1. The molecule has 0 bridgehead atoms. The van der Waals surface area contributed by atoms with Gasteiger partial charge in [0.05, 0.1) is 27.0 Å². The summed E-state index contributed by atoms with van der Waals surface area (Å²) in [6.07, 6.45) is 1.22. The predicted molar refractivity (Wildman–Crippen MR) is 77.2 cm³/mol. The number of phenolic OH excluding ortho intramolecular Hbond substituents is 1. The van der Waals surface area contributed by atoms with Crippen molar-refractivity contribution in [2.75, 3.05) is 4.72 Å². The maximum Gasteiger partial charge on any atom is 0.280 e. The Balaban J connectivity index is 2.44. The Morgan fingerprint density at radius 1 is 1.20 bits per heavy atom. The van der Waals surface area contributed by atoms with Crippen molar-refractivity contribution in [3.8, 4) is 5.75 Å². The number of benzene rings is 1. The van der Waals surface area contributed by atoms with Crippen molar-refractivity contribution in [2.24, 2.45) is 7.05 Å². The molecule has 0 unspecified atom stereocenters. The summed E-state index contributed by atoms with van der Waals surface area (Å²) in [5.41, 5.74) is 0.0927. The highest BCUT2D eigenvalue weighted by atomic mass is 35.5. The summed E-state index contributed by atoms with van der Waals surface area (Å²) in [5, 5.41) is 12.8. The molecule has 0 atom stereocenters. The van der Waals surface area contributed by atoms with E-state index in [1.54, 1.807) is 0 Å². The third-order valence-corrected chi connectivity index (χ3v) is 4.83. The Morgan fingerprint density at radius 3 is 2.20 bits per heavy atom. The first-order chi connectivity index (χ1) is 9.22. The van der Waals surface area contributed by atoms with Crippen molar-refractivity contribution in [3.63, 3.8) is 0 Å². The molecule has 2 rings (SSSR count). The van der Waals surface area contributed by atoms with Gasteiger partial charge >= 0.3 is 0 Å². The molecule has 6 nitrogen and oxygen atoms in total. The topological polar surface area (TPSA) is 84.2 Å². The van der Waals surface area contributed by atoms with E-state index in [-0.39, 0.29) is 31.5 Å². The van der Waals surface area contributed by atoms with Crippen LogP contribution in [0.5, 0.6) is 5.75 Å². The van der Waals surface area contributed by atoms with E-state index < -0.39 is 10.0 Å².